The lowest BCUT2D eigenvalue weighted by Crippen LogP contribution is -2.39. The van der Waals surface area contributed by atoms with Gasteiger partial charge < -0.3 is 19.5 Å². The highest BCUT2D eigenvalue weighted by atomic mass is 32.2. The van der Waals surface area contributed by atoms with Crippen LogP contribution in [0.3, 0.4) is 0 Å². The number of benzene rings is 1. The van der Waals surface area contributed by atoms with Crippen LogP contribution in [0.25, 0.3) is 11.1 Å². The molecule has 1 amide bonds. The number of piperidine rings is 2. The zero-order valence-corrected chi connectivity index (χ0v) is 24.8. The van der Waals surface area contributed by atoms with Gasteiger partial charge in [0.25, 0.3) is 0 Å². The summed E-state index contributed by atoms with van der Waals surface area (Å²) in [5.41, 5.74) is 5.77. The first kappa shape index (κ1) is 28.2. The molecule has 3 aromatic rings. The Morgan fingerprint density at radius 2 is 1.80 bits per heavy atom. The second-order valence-electron chi connectivity index (χ2n) is 11.4. The van der Waals surface area contributed by atoms with E-state index < -0.39 is 9.84 Å². The van der Waals surface area contributed by atoms with Crippen LogP contribution in [0.15, 0.2) is 47.0 Å². The first-order chi connectivity index (χ1) is 19.1. The van der Waals surface area contributed by atoms with Crippen LogP contribution in [0.5, 0.6) is 0 Å². The van der Waals surface area contributed by atoms with Crippen molar-refractivity contribution in [2.24, 2.45) is 0 Å². The number of carbonyl (C=O) groups is 1. The minimum absolute atomic E-state index is 0.0824. The predicted octanol–water partition coefficient (Wildman–Crippen LogP) is 4.99. The van der Waals surface area contributed by atoms with Crippen molar-refractivity contribution in [1.29, 1.82) is 0 Å². The van der Waals surface area contributed by atoms with Gasteiger partial charge in [0.15, 0.2) is 0 Å². The number of furan rings is 1. The summed E-state index contributed by atoms with van der Waals surface area (Å²) in [5.74, 6) is 2.80. The van der Waals surface area contributed by atoms with Crippen molar-refractivity contribution in [1.82, 2.24) is 10.3 Å². The summed E-state index contributed by atoms with van der Waals surface area (Å²) < 4.78 is 29.8. The SMILES string of the molecule is CC(=O)NCc1oc(C)cc1-c1ccc(C)cc1N1CCCC(c2ccc(N3CCC(S(C)(=O)=O)CC3)nc2)C1. The Hall–Kier alpha value is -3.33. The van der Waals surface area contributed by atoms with Crippen LogP contribution in [0.4, 0.5) is 11.5 Å². The number of pyridine rings is 1. The van der Waals surface area contributed by atoms with Gasteiger partial charge in [-0.2, -0.15) is 0 Å². The number of hydrogen-bond donors (Lipinski definition) is 1. The largest absolute Gasteiger partial charge is 0.464 e. The van der Waals surface area contributed by atoms with E-state index in [-0.39, 0.29) is 11.2 Å². The Bertz CT molecular complexity index is 1460. The van der Waals surface area contributed by atoms with Gasteiger partial charge >= 0.3 is 0 Å². The van der Waals surface area contributed by atoms with Crippen LogP contribution < -0.4 is 15.1 Å². The van der Waals surface area contributed by atoms with E-state index in [1.807, 2.05) is 13.1 Å². The zero-order chi connectivity index (χ0) is 28.4. The van der Waals surface area contributed by atoms with E-state index in [1.54, 1.807) is 0 Å². The molecule has 0 aliphatic carbocycles. The van der Waals surface area contributed by atoms with Gasteiger partial charge in [0.2, 0.25) is 5.91 Å². The summed E-state index contributed by atoms with van der Waals surface area (Å²) in [4.78, 5) is 21.0. The van der Waals surface area contributed by atoms with Gasteiger partial charge in [-0.3, -0.25) is 4.79 Å². The summed E-state index contributed by atoms with van der Waals surface area (Å²) >= 11 is 0. The molecule has 4 heterocycles. The molecule has 5 rings (SSSR count). The third-order valence-corrected chi connectivity index (χ3v) is 9.93. The highest BCUT2D eigenvalue weighted by Gasteiger charge is 2.28. The van der Waals surface area contributed by atoms with E-state index in [9.17, 15) is 13.2 Å². The Balaban J connectivity index is 1.33. The zero-order valence-electron chi connectivity index (χ0n) is 23.9. The number of amides is 1. The van der Waals surface area contributed by atoms with E-state index >= 15 is 0 Å². The Morgan fingerprint density at radius 3 is 2.48 bits per heavy atom. The Morgan fingerprint density at radius 1 is 1.02 bits per heavy atom. The number of nitrogens with one attached hydrogen (secondary N) is 1. The first-order valence-corrected chi connectivity index (χ1v) is 16.1. The molecule has 0 bridgehead atoms. The number of anilines is 2. The molecule has 1 aromatic carbocycles. The molecule has 2 aliphatic heterocycles. The number of sulfone groups is 1. The standard InChI is InChI=1S/C31H40N4O4S/c1-21-7-9-27(28-17-22(2)39-30(28)19-32-23(3)36)29(16-21)35-13-5-6-25(20-35)24-8-10-31(33-18-24)34-14-11-26(12-15-34)40(4,37)38/h7-10,16-18,25-26H,5-6,11-15,19-20H2,1-4H3,(H,32,36). The number of aryl methyl sites for hydroxylation is 2. The number of aromatic nitrogens is 1. The van der Waals surface area contributed by atoms with Crippen LogP contribution in [0, 0.1) is 13.8 Å². The number of rotatable bonds is 7. The van der Waals surface area contributed by atoms with Crippen LogP contribution >= 0.6 is 0 Å². The molecular weight excluding hydrogens is 524 g/mol. The lowest BCUT2D eigenvalue weighted by atomic mass is 9.90. The summed E-state index contributed by atoms with van der Waals surface area (Å²) in [6.07, 6.45) is 6.85. The van der Waals surface area contributed by atoms with Gasteiger partial charge in [-0.15, -0.1) is 0 Å². The molecular formula is C31H40N4O4S. The van der Waals surface area contributed by atoms with E-state index in [0.29, 0.717) is 25.3 Å². The van der Waals surface area contributed by atoms with E-state index in [1.165, 1.54) is 30.0 Å². The summed E-state index contributed by atoms with van der Waals surface area (Å²) in [6.45, 7) is 9.25. The summed E-state index contributed by atoms with van der Waals surface area (Å²) in [7, 11) is -2.99. The van der Waals surface area contributed by atoms with Gasteiger partial charge in [0, 0.05) is 68.3 Å². The second kappa shape index (κ2) is 11.6. The predicted molar refractivity (Wildman–Crippen MR) is 160 cm³/mol. The van der Waals surface area contributed by atoms with Gasteiger partial charge in [-0.1, -0.05) is 18.2 Å². The van der Waals surface area contributed by atoms with Crippen LogP contribution in [-0.2, 0) is 21.2 Å². The van der Waals surface area contributed by atoms with Crippen LogP contribution in [-0.4, -0.2) is 57.0 Å². The molecule has 40 heavy (non-hydrogen) atoms. The van der Waals surface area contributed by atoms with Crippen molar-refractivity contribution >= 4 is 27.2 Å². The Labute approximate surface area is 237 Å². The van der Waals surface area contributed by atoms with Gasteiger partial charge in [-0.25, -0.2) is 13.4 Å². The van der Waals surface area contributed by atoms with Crippen molar-refractivity contribution in [3.8, 4) is 11.1 Å². The fraction of sp³-hybridized carbons (Fsp3) is 0.484. The fourth-order valence-corrected chi connectivity index (χ4v) is 7.13. The van der Waals surface area contributed by atoms with Gasteiger partial charge in [-0.05, 0) is 68.9 Å². The number of hydrogen-bond acceptors (Lipinski definition) is 7. The highest BCUT2D eigenvalue weighted by molar-refractivity contribution is 7.91. The molecule has 2 fully saturated rings. The van der Waals surface area contributed by atoms with Crippen molar-refractivity contribution < 1.29 is 17.6 Å². The quantitative estimate of drug-likeness (QED) is 0.432. The molecule has 2 aromatic heterocycles. The highest BCUT2D eigenvalue weighted by Crippen LogP contribution is 2.39. The van der Waals surface area contributed by atoms with Gasteiger partial charge in [0.05, 0.1) is 11.8 Å². The fourth-order valence-electron chi connectivity index (χ4n) is 6.06. The maximum Gasteiger partial charge on any atom is 0.217 e. The average molecular weight is 565 g/mol. The molecule has 1 atom stereocenters. The summed E-state index contributed by atoms with van der Waals surface area (Å²) in [5, 5.41) is 2.64. The first-order valence-electron chi connectivity index (χ1n) is 14.2. The molecule has 214 valence electrons. The monoisotopic (exact) mass is 564 g/mol. The van der Waals surface area contributed by atoms with E-state index in [4.69, 9.17) is 9.40 Å². The van der Waals surface area contributed by atoms with Gasteiger partial charge in [0.1, 0.15) is 27.2 Å². The lowest BCUT2D eigenvalue weighted by molar-refractivity contribution is -0.119. The smallest absolute Gasteiger partial charge is 0.217 e. The Kier molecular flexibility index (Phi) is 8.21. The third-order valence-electron chi connectivity index (χ3n) is 8.25. The minimum Gasteiger partial charge on any atom is -0.464 e. The van der Waals surface area contributed by atoms with Crippen LogP contribution in [0.1, 0.15) is 61.2 Å². The lowest BCUT2D eigenvalue weighted by Gasteiger charge is -2.36. The third kappa shape index (κ3) is 6.35. The van der Waals surface area contributed by atoms with Crippen molar-refractivity contribution in [3.05, 3.63) is 65.2 Å². The van der Waals surface area contributed by atoms with Crippen molar-refractivity contribution in [3.63, 3.8) is 0 Å². The second-order valence-corrected chi connectivity index (χ2v) is 13.7. The van der Waals surface area contributed by atoms with Crippen molar-refractivity contribution in [2.45, 2.75) is 64.2 Å². The minimum atomic E-state index is -2.99. The molecule has 2 aliphatic rings. The normalized spacial score (nSPS) is 18.6. The molecule has 0 radical (unpaired) electrons. The van der Waals surface area contributed by atoms with E-state index in [2.05, 4.69) is 58.4 Å². The number of nitrogens with zero attached hydrogens (tertiary/aromatic N) is 3. The molecule has 8 nitrogen and oxygen atoms in total. The maximum absolute atomic E-state index is 11.9. The molecule has 0 saturated carbocycles. The molecule has 9 heteroatoms. The molecule has 1 unspecified atom stereocenters. The van der Waals surface area contributed by atoms with Crippen molar-refractivity contribution in [2.75, 3.05) is 42.2 Å². The molecule has 2 saturated heterocycles. The summed E-state index contributed by atoms with van der Waals surface area (Å²) in [6, 6.07) is 12.9. The van der Waals surface area contributed by atoms with E-state index in [0.717, 1.165) is 67.5 Å². The topological polar surface area (TPSA) is 95.8 Å². The van der Waals surface area contributed by atoms with Crippen LogP contribution in [0.2, 0.25) is 0 Å². The maximum atomic E-state index is 11.9. The molecule has 0 spiro atoms. The number of carbonyl (C=O) groups excluding carboxylic acids is 1. The molecule has 1 N–H and O–H groups in total. The average Bonchev–Trinajstić information content (AvgIpc) is 3.31.